The van der Waals surface area contributed by atoms with Crippen LogP contribution in [0.3, 0.4) is 0 Å². The average molecular weight is 455 g/mol. The lowest BCUT2D eigenvalue weighted by molar-refractivity contribution is 0.0709. The van der Waals surface area contributed by atoms with Crippen LogP contribution in [-0.2, 0) is 6.54 Å². The molecule has 1 spiro atoms. The number of para-hydroxylation sites is 1. The van der Waals surface area contributed by atoms with Crippen molar-refractivity contribution in [2.24, 2.45) is 0 Å². The van der Waals surface area contributed by atoms with Crippen LogP contribution in [0, 0.1) is 11.6 Å². The first-order chi connectivity index (χ1) is 16.0. The number of carbonyl (C=O) groups excluding carboxylic acids is 1. The van der Waals surface area contributed by atoms with E-state index in [-0.39, 0.29) is 17.3 Å². The number of benzene rings is 2. The van der Waals surface area contributed by atoms with Gasteiger partial charge in [0.1, 0.15) is 11.6 Å². The highest BCUT2D eigenvalue weighted by Crippen LogP contribution is 2.40. The van der Waals surface area contributed by atoms with Gasteiger partial charge in [0.05, 0.1) is 7.11 Å². The molecule has 0 bridgehead atoms. The van der Waals surface area contributed by atoms with Crippen LogP contribution in [0.2, 0.25) is 0 Å². The second-order valence-corrected chi connectivity index (χ2v) is 9.12. The summed E-state index contributed by atoms with van der Waals surface area (Å²) in [5.74, 6) is 0.0121. The SMILES string of the molecule is COc1cccc2cc(C(=O)N3CCC[C@@]4(CCCN4Cc4cc(F)ccc4F)CC3)oc12. The van der Waals surface area contributed by atoms with Gasteiger partial charge in [-0.05, 0) is 69.0 Å². The molecule has 33 heavy (non-hydrogen) atoms. The molecule has 0 unspecified atom stereocenters. The molecule has 0 radical (unpaired) electrons. The number of fused-ring (bicyclic) bond motifs is 1. The third-order valence-electron chi connectivity index (χ3n) is 7.25. The van der Waals surface area contributed by atoms with Crippen molar-refractivity contribution in [3.63, 3.8) is 0 Å². The standard InChI is InChI=1S/C26H28F2N2O3/c1-32-22-6-2-5-18-16-23(33-24(18)22)25(31)29-12-3-9-26(11-14-29)10-4-13-30(26)17-19-15-20(27)7-8-21(19)28/h2,5-8,15-16H,3-4,9-14,17H2,1H3/t26-/m1/s1. The lowest BCUT2D eigenvalue weighted by Gasteiger charge is -2.38. The monoisotopic (exact) mass is 454 g/mol. The number of ether oxygens (including phenoxy) is 1. The van der Waals surface area contributed by atoms with Gasteiger partial charge in [-0.3, -0.25) is 9.69 Å². The van der Waals surface area contributed by atoms with E-state index < -0.39 is 5.82 Å². The van der Waals surface area contributed by atoms with E-state index >= 15 is 0 Å². The number of rotatable bonds is 4. The zero-order chi connectivity index (χ0) is 23.0. The Hall–Kier alpha value is -2.93. The molecule has 2 saturated heterocycles. The molecular formula is C26H28F2N2O3. The van der Waals surface area contributed by atoms with Gasteiger partial charge in [-0.1, -0.05) is 12.1 Å². The highest BCUT2D eigenvalue weighted by Gasteiger charge is 2.42. The van der Waals surface area contributed by atoms with Crippen molar-refractivity contribution < 1.29 is 22.7 Å². The number of amides is 1. The molecule has 0 aliphatic carbocycles. The highest BCUT2D eigenvalue weighted by molar-refractivity contribution is 5.97. The molecule has 0 saturated carbocycles. The van der Waals surface area contributed by atoms with Crippen molar-refractivity contribution in [1.29, 1.82) is 0 Å². The number of methoxy groups -OCH3 is 1. The average Bonchev–Trinajstić information content (AvgIpc) is 3.35. The topological polar surface area (TPSA) is 45.9 Å². The third kappa shape index (κ3) is 4.10. The lowest BCUT2D eigenvalue weighted by atomic mass is 9.87. The number of hydrogen-bond donors (Lipinski definition) is 0. The van der Waals surface area contributed by atoms with E-state index in [4.69, 9.17) is 9.15 Å². The molecular weight excluding hydrogens is 426 g/mol. The van der Waals surface area contributed by atoms with Gasteiger partial charge in [0, 0.05) is 36.1 Å². The van der Waals surface area contributed by atoms with Gasteiger partial charge in [-0.15, -0.1) is 0 Å². The van der Waals surface area contributed by atoms with Gasteiger partial charge in [-0.25, -0.2) is 8.78 Å². The Labute approximate surface area is 191 Å². The minimum absolute atomic E-state index is 0.0924. The molecule has 5 nitrogen and oxygen atoms in total. The second kappa shape index (κ2) is 8.78. The van der Waals surface area contributed by atoms with Crippen LogP contribution in [0.25, 0.3) is 11.0 Å². The Kier molecular flexibility index (Phi) is 5.83. The number of halogens is 2. The van der Waals surface area contributed by atoms with Crippen molar-refractivity contribution >= 4 is 16.9 Å². The summed E-state index contributed by atoms with van der Waals surface area (Å²) in [5, 5.41) is 0.836. The fraction of sp³-hybridized carbons (Fsp3) is 0.423. The molecule has 2 aromatic carbocycles. The van der Waals surface area contributed by atoms with Crippen LogP contribution in [0.5, 0.6) is 5.75 Å². The largest absolute Gasteiger partial charge is 0.493 e. The van der Waals surface area contributed by atoms with E-state index in [1.165, 1.54) is 12.1 Å². The van der Waals surface area contributed by atoms with Gasteiger partial charge < -0.3 is 14.1 Å². The first-order valence-corrected chi connectivity index (χ1v) is 11.5. The zero-order valence-corrected chi connectivity index (χ0v) is 18.8. The molecule has 5 rings (SSSR count). The number of furan rings is 1. The Morgan fingerprint density at radius 1 is 1.06 bits per heavy atom. The molecule has 2 aliphatic heterocycles. The Morgan fingerprint density at radius 2 is 1.88 bits per heavy atom. The Bertz CT molecular complexity index is 1180. The van der Waals surface area contributed by atoms with Crippen molar-refractivity contribution in [2.45, 2.75) is 44.2 Å². The fourth-order valence-corrected chi connectivity index (χ4v) is 5.52. The minimum Gasteiger partial charge on any atom is -0.493 e. The van der Waals surface area contributed by atoms with Gasteiger partial charge >= 0.3 is 0 Å². The van der Waals surface area contributed by atoms with Gasteiger partial charge in [0.2, 0.25) is 0 Å². The highest BCUT2D eigenvalue weighted by atomic mass is 19.1. The molecule has 1 amide bonds. The molecule has 174 valence electrons. The summed E-state index contributed by atoms with van der Waals surface area (Å²) < 4.78 is 39.2. The molecule has 2 aliphatic rings. The van der Waals surface area contributed by atoms with E-state index in [1.807, 2.05) is 23.1 Å². The summed E-state index contributed by atoms with van der Waals surface area (Å²) in [6, 6.07) is 11.0. The van der Waals surface area contributed by atoms with Crippen LogP contribution < -0.4 is 4.74 Å². The summed E-state index contributed by atoms with van der Waals surface area (Å²) in [7, 11) is 1.58. The summed E-state index contributed by atoms with van der Waals surface area (Å²) in [6.45, 7) is 2.50. The minimum atomic E-state index is -0.417. The van der Waals surface area contributed by atoms with E-state index in [1.54, 1.807) is 13.2 Å². The maximum absolute atomic E-state index is 14.3. The van der Waals surface area contributed by atoms with E-state index in [9.17, 15) is 13.6 Å². The van der Waals surface area contributed by atoms with Gasteiger partial charge in [0.15, 0.2) is 17.1 Å². The zero-order valence-electron chi connectivity index (χ0n) is 18.8. The van der Waals surface area contributed by atoms with Gasteiger partial charge in [0.25, 0.3) is 5.91 Å². The van der Waals surface area contributed by atoms with E-state index in [0.29, 0.717) is 42.3 Å². The third-order valence-corrected chi connectivity index (χ3v) is 7.25. The lowest BCUT2D eigenvalue weighted by Crippen LogP contribution is -2.44. The molecule has 2 fully saturated rings. The molecule has 0 N–H and O–H groups in total. The van der Waals surface area contributed by atoms with Crippen molar-refractivity contribution in [2.75, 3.05) is 26.7 Å². The molecule has 1 aromatic heterocycles. The van der Waals surface area contributed by atoms with E-state index in [0.717, 1.165) is 50.1 Å². The van der Waals surface area contributed by atoms with Crippen molar-refractivity contribution in [3.8, 4) is 5.75 Å². The Balaban J connectivity index is 1.32. The van der Waals surface area contributed by atoms with Gasteiger partial charge in [-0.2, -0.15) is 0 Å². The first-order valence-electron chi connectivity index (χ1n) is 11.5. The van der Waals surface area contributed by atoms with Crippen LogP contribution >= 0.6 is 0 Å². The van der Waals surface area contributed by atoms with Crippen LogP contribution in [0.15, 0.2) is 46.9 Å². The number of hydrogen-bond acceptors (Lipinski definition) is 4. The maximum atomic E-state index is 14.3. The predicted octanol–water partition coefficient (Wildman–Crippen LogP) is 5.38. The predicted molar refractivity (Wildman–Crippen MR) is 121 cm³/mol. The maximum Gasteiger partial charge on any atom is 0.289 e. The van der Waals surface area contributed by atoms with Crippen LogP contribution in [0.1, 0.15) is 48.2 Å². The first kappa shape index (κ1) is 21.9. The molecule has 3 heterocycles. The number of carbonyl (C=O) groups is 1. The summed E-state index contributed by atoms with van der Waals surface area (Å²) >= 11 is 0. The summed E-state index contributed by atoms with van der Waals surface area (Å²) in [5.41, 5.74) is 0.878. The fourth-order valence-electron chi connectivity index (χ4n) is 5.52. The van der Waals surface area contributed by atoms with E-state index in [2.05, 4.69) is 4.90 Å². The van der Waals surface area contributed by atoms with Crippen LogP contribution in [-0.4, -0.2) is 48.0 Å². The molecule has 7 heteroatoms. The number of likely N-dealkylation sites (tertiary alicyclic amines) is 2. The quantitative estimate of drug-likeness (QED) is 0.531. The number of nitrogens with zero attached hydrogens (tertiary/aromatic N) is 2. The summed E-state index contributed by atoms with van der Waals surface area (Å²) in [6.07, 6.45) is 4.63. The smallest absolute Gasteiger partial charge is 0.289 e. The normalized spacial score (nSPS) is 21.6. The van der Waals surface area contributed by atoms with Crippen molar-refractivity contribution in [1.82, 2.24) is 9.80 Å². The van der Waals surface area contributed by atoms with Crippen molar-refractivity contribution in [3.05, 3.63) is 65.4 Å². The molecule has 3 aromatic rings. The Morgan fingerprint density at radius 3 is 2.70 bits per heavy atom. The van der Waals surface area contributed by atoms with Crippen LogP contribution in [0.4, 0.5) is 8.78 Å². The second-order valence-electron chi connectivity index (χ2n) is 9.12. The molecule has 1 atom stereocenters. The summed E-state index contributed by atoms with van der Waals surface area (Å²) in [4.78, 5) is 17.4.